The molecule has 1 aliphatic heterocycles. The van der Waals surface area contributed by atoms with Crippen LogP contribution in [0.5, 0.6) is 0 Å². The second-order valence-corrected chi connectivity index (χ2v) is 8.11. The van der Waals surface area contributed by atoms with E-state index in [4.69, 9.17) is 10.7 Å². The Morgan fingerprint density at radius 1 is 1.10 bits per heavy atom. The maximum absolute atomic E-state index is 11.7. The average molecular weight is 416 g/mol. The number of hydrogen-bond acceptors (Lipinski definition) is 5. The van der Waals surface area contributed by atoms with Gasteiger partial charge < -0.3 is 15.5 Å². The van der Waals surface area contributed by atoms with E-state index in [0.717, 1.165) is 48.4 Å². The number of likely N-dealkylation sites (N-methyl/N-ethyl adjacent to an activating group) is 1. The minimum atomic E-state index is -0.0660. The number of aromatic nitrogens is 2. The van der Waals surface area contributed by atoms with Crippen LogP contribution in [0, 0.1) is 0 Å². The van der Waals surface area contributed by atoms with Gasteiger partial charge in [-0.1, -0.05) is 24.3 Å². The molecule has 31 heavy (non-hydrogen) atoms. The molecule has 0 spiro atoms. The first-order valence-corrected chi connectivity index (χ1v) is 10.8. The molecule has 160 valence electrons. The Labute approximate surface area is 183 Å². The fourth-order valence-corrected chi connectivity index (χ4v) is 4.17. The fraction of sp³-hybridized carbons (Fsp3) is 0.320. The molecule has 2 N–H and O–H groups in total. The lowest BCUT2D eigenvalue weighted by Crippen LogP contribution is -2.33. The van der Waals surface area contributed by atoms with Crippen LogP contribution in [0.3, 0.4) is 0 Å². The van der Waals surface area contributed by atoms with Gasteiger partial charge in [0, 0.05) is 50.8 Å². The van der Waals surface area contributed by atoms with Crippen LogP contribution in [0.25, 0.3) is 11.1 Å². The van der Waals surface area contributed by atoms with Gasteiger partial charge in [-0.15, -0.1) is 0 Å². The molecule has 6 heteroatoms. The van der Waals surface area contributed by atoms with E-state index in [1.54, 1.807) is 11.9 Å². The first-order chi connectivity index (χ1) is 15.1. The van der Waals surface area contributed by atoms with Gasteiger partial charge in [0.15, 0.2) is 0 Å². The highest BCUT2D eigenvalue weighted by Crippen LogP contribution is 2.30. The van der Waals surface area contributed by atoms with Crippen LogP contribution < -0.4 is 10.6 Å². The van der Waals surface area contributed by atoms with Gasteiger partial charge in [-0.05, 0) is 59.7 Å². The van der Waals surface area contributed by atoms with E-state index < -0.39 is 0 Å². The molecular formula is C25H29N5O. The fourth-order valence-electron chi connectivity index (χ4n) is 4.17. The molecule has 1 aliphatic rings. The first-order valence-electron chi connectivity index (χ1n) is 10.8. The molecule has 1 saturated heterocycles. The van der Waals surface area contributed by atoms with Crippen molar-refractivity contribution < 1.29 is 4.79 Å². The van der Waals surface area contributed by atoms with Crippen LogP contribution in [0.2, 0.25) is 0 Å². The van der Waals surface area contributed by atoms with Gasteiger partial charge in [-0.3, -0.25) is 9.78 Å². The summed E-state index contributed by atoms with van der Waals surface area (Å²) >= 11 is 0. The van der Waals surface area contributed by atoms with Gasteiger partial charge in [-0.2, -0.15) is 0 Å². The maximum Gasteiger partial charge on any atom is 0.236 e. The van der Waals surface area contributed by atoms with Gasteiger partial charge in [-0.25, -0.2) is 4.98 Å². The van der Waals surface area contributed by atoms with E-state index >= 15 is 0 Å². The molecule has 1 amide bonds. The molecule has 0 aliphatic carbocycles. The van der Waals surface area contributed by atoms with Crippen LogP contribution >= 0.6 is 0 Å². The lowest BCUT2D eigenvalue weighted by molar-refractivity contribution is -0.128. The number of pyridine rings is 2. The van der Waals surface area contributed by atoms with Crippen molar-refractivity contribution in [3.05, 3.63) is 78.2 Å². The van der Waals surface area contributed by atoms with Gasteiger partial charge in [0.05, 0.1) is 6.54 Å². The molecule has 0 unspecified atom stereocenters. The largest absolute Gasteiger partial charge is 0.357 e. The number of carbonyl (C=O) groups excluding carboxylic acids is 1. The summed E-state index contributed by atoms with van der Waals surface area (Å²) in [6.07, 6.45) is 8.00. The predicted molar refractivity (Wildman–Crippen MR) is 124 cm³/mol. The Morgan fingerprint density at radius 2 is 1.94 bits per heavy atom. The lowest BCUT2D eigenvalue weighted by Gasteiger charge is -2.33. The zero-order chi connectivity index (χ0) is 21.6. The van der Waals surface area contributed by atoms with Crippen LogP contribution in [0.1, 0.15) is 29.9 Å². The lowest BCUT2D eigenvalue weighted by atomic mass is 9.90. The molecule has 4 rings (SSSR count). The molecule has 6 nitrogen and oxygen atoms in total. The summed E-state index contributed by atoms with van der Waals surface area (Å²) < 4.78 is 0. The van der Waals surface area contributed by atoms with E-state index in [1.165, 1.54) is 5.56 Å². The zero-order valence-electron chi connectivity index (χ0n) is 17.9. The van der Waals surface area contributed by atoms with Crippen LogP contribution in [0.4, 0.5) is 5.82 Å². The van der Waals surface area contributed by atoms with Crippen LogP contribution in [-0.2, 0) is 11.3 Å². The number of nitrogens with zero attached hydrogens (tertiary/aromatic N) is 4. The Hall–Kier alpha value is -3.25. The minimum absolute atomic E-state index is 0.0288. The van der Waals surface area contributed by atoms with Crippen molar-refractivity contribution in [3.63, 3.8) is 0 Å². The third-order valence-electron chi connectivity index (χ3n) is 6.00. The standard InChI is InChI=1S/C25H29N5O/c1-29(25(31)15-26)18-19-4-2-5-21(14-19)23-7-8-24(28-17-23)30-12-9-20(10-13-30)22-6-3-11-27-16-22/h2-8,11,14,16-17,20H,9-10,12-13,15,18,26H2,1H3. The summed E-state index contributed by atoms with van der Waals surface area (Å²) in [6.45, 7) is 2.58. The molecule has 0 bridgehead atoms. The van der Waals surface area contributed by atoms with E-state index in [1.807, 2.05) is 36.8 Å². The summed E-state index contributed by atoms with van der Waals surface area (Å²) in [4.78, 5) is 24.8. The molecule has 1 fully saturated rings. The number of piperidine rings is 1. The normalized spacial score (nSPS) is 14.5. The Balaban J connectivity index is 1.40. The molecular weight excluding hydrogens is 386 g/mol. The summed E-state index contributed by atoms with van der Waals surface area (Å²) in [7, 11) is 1.77. The second-order valence-electron chi connectivity index (χ2n) is 8.11. The Kier molecular flexibility index (Phi) is 6.57. The van der Waals surface area contributed by atoms with Gasteiger partial charge in [0.2, 0.25) is 5.91 Å². The number of hydrogen-bond donors (Lipinski definition) is 1. The van der Waals surface area contributed by atoms with E-state index in [2.05, 4.69) is 40.2 Å². The third-order valence-corrected chi connectivity index (χ3v) is 6.00. The zero-order valence-corrected chi connectivity index (χ0v) is 17.9. The van der Waals surface area contributed by atoms with E-state index in [9.17, 15) is 4.79 Å². The van der Waals surface area contributed by atoms with Crippen molar-refractivity contribution >= 4 is 11.7 Å². The Bertz CT molecular complexity index is 998. The molecule has 2 aromatic heterocycles. The number of nitrogens with two attached hydrogens (primary N) is 1. The summed E-state index contributed by atoms with van der Waals surface area (Å²) in [5.74, 6) is 1.54. The second kappa shape index (κ2) is 9.71. The van der Waals surface area contributed by atoms with Gasteiger partial charge in [0.25, 0.3) is 0 Å². The quantitative estimate of drug-likeness (QED) is 0.667. The number of anilines is 1. The highest BCUT2D eigenvalue weighted by Gasteiger charge is 2.21. The van der Waals surface area contributed by atoms with Crippen LogP contribution in [0.15, 0.2) is 67.1 Å². The monoisotopic (exact) mass is 415 g/mol. The smallest absolute Gasteiger partial charge is 0.236 e. The van der Waals surface area contributed by atoms with Crippen molar-refractivity contribution in [2.45, 2.75) is 25.3 Å². The van der Waals surface area contributed by atoms with Crippen molar-refractivity contribution in [1.29, 1.82) is 0 Å². The maximum atomic E-state index is 11.7. The highest BCUT2D eigenvalue weighted by molar-refractivity contribution is 5.77. The van der Waals surface area contributed by atoms with Crippen molar-refractivity contribution in [1.82, 2.24) is 14.9 Å². The van der Waals surface area contributed by atoms with Crippen LogP contribution in [-0.4, -0.2) is 47.5 Å². The highest BCUT2D eigenvalue weighted by atomic mass is 16.2. The summed E-state index contributed by atoms with van der Waals surface area (Å²) in [5.41, 5.74) is 10.0. The number of rotatable bonds is 6. The first kappa shape index (κ1) is 21.0. The van der Waals surface area contributed by atoms with Crippen molar-refractivity contribution in [2.24, 2.45) is 5.73 Å². The molecule has 0 atom stereocenters. The summed E-state index contributed by atoms with van der Waals surface area (Å²) in [6, 6.07) is 16.7. The van der Waals surface area contributed by atoms with Gasteiger partial charge in [0.1, 0.15) is 5.82 Å². The molecule has 0 radical (unpaired) electrons. The molecule has 0 saturated carbocycles. The SMILES string of the molecule is CN(Cc1cccc(-c2ccc(N3CCC(c4cccnc4)CC3)nc2)c1)C(=O)CN. The number of carbonyl (C=O) groups is 1. The molecule has 3 heterocycles. The molecule has 3 aromatic rings. The topological polar surface area (TPSA) is 75.4 Å². The third kappa shape index (κ3) is 5.09. The van der Waals surface area contributed by atoms with Gasteiger partial charge >= 0.3 is 0 Å². The number of amides is 1. The summed E-state index contributed by atoms with van der Waals surface area (Å²) in [5, 5.41) is 0. The van der Waals surface area contributed by atoms with E-state index in [0.29, 0.717) is 12.5 Å². The minimum Gasteiger partial charge on any atom is -0.357 e. The average Bonchev–Trinajstić information content (AvgIpc) is 2.84. The van der Waals surface area contributed by atoms with E-state index in [-0.39, 0.29) is 12.5 Å². The predicted octanol–water partition coefficient (Wildman–Crippen LogP) is 3.44. The Morgan fingerprint density at radius 3 is 2.61 bits per heavy atom. The van der Waals surface area contributed by atoms with Crippen molar-refractivity contribution in [3.8, 4) is 11.1 Å². The number of benzene rings is 1. The molecule has 1 aromatic carbocycles. The van der Waals surface area contributed by atoms with Crippen molar-refractivity contribution in [2.75, 3.05) is 31.6 Å².